The molecule has 1 aromatic carbocycles. The average molecular weight is 443 g/mol. The van der Waals surface area contributed by atoms with Gasteiger partial charge in [0, 0.05) is 24.2 Å². The van der Waals surface area contributed by atoms with Crippen molar-refractivity contribution < 1.29 is 10.0 Å². The van der Waals surface area contributed by atoms with Crippen molar-refractivity contribution in [3.05, 3.63) is 131 Å². The Hall–Kier alpha value is -4.10. The van der Waals surface area contributed by atoms with Gasteiger partial charge in [0.05, 0.1) is 28.6 Å². The number of hydrogen-bond acceptors (Lipinski definition) is 6. The number of pyridine rings is 2. The molecule has 0 radical (unpaired) electrons. The lowest BCUT2D eigenvalue weighted by atomic mass is 9.81. The lowest BCUT2D eigenvalue weighted by Crippen LogP contribution is -2.31. The first-order valence-electron chi connectivity index (χ1n) is 10.5. The zero-order valence-electron chi connectivity index (χ0n) is 18.3. The van der Waals surface area contributed by atoms with Gasteiger partial charge in [-0.25, -0.2) is 4.98 Å². The van der Waals surface area contributed by atoms with E-state index in [0.717, 1.165) is 0 Å². The Morgan fingerprint density at radius 2 is 1.79 bits per heavy atom. The number of benzene rings is 1. The van der Waals surface area contributed by atoms with E-state index in [-0.39, 0.29) is 5.69 Å². The molecule has 168 valence electrons. The van der Waals surface area contributed by atoms with Gasteiger partial charge in [-0.1, -0.05) is 61.2 Å². The third kappa shape index (κ3) is 5.78. The minimum atomic E-state index is -1.06. The molecule has 7 heteroatoms. The summed E-state index contributed by atoms with van der Waals surface area (Å²) in [6, 6.07) is 16.5. The highest BCUT2D eigenvalue weighted by atomic mass is 16.6. The number of nitro benzene ring substituents is 1. The third-order valence-corrected chi connectivity index (χ3v) is 5.22. The van der Waals surface area contributed by atoms with Crippen molar-refractivity contribution in [3.63, 3.8) is 0 Å². The number of allylic oxidation sites excluding steroid dienone is 3. The standard InChI is InChI=1S/C26H26N4O3/c1-3-5-12-19(4-2)26(31)24(21-14-8-10-17-27-21)25(29-23-16-9-11-18-28-23)20-13-6-7-15-22(20)30(32)33/h3-18,24-26,31H,2H2,1H3,(H,28,29)/b5-3-,19-12+. The molecule has 0 fully saturated rings. The number of rotatable bonds is 10. The van der Waals surface area contributed by atoms with Crippen LogP contribution in [0.5, 0.6) is 0 Å². The molecule has 0 aliphatic carbocycles. The summed E-state index contributed by atoms with van der Waals surface area (Å²) in [5.74, 6) is -0.171. The van der Waals surface area contributed by atoms with Crippen molar-refractivity contribution in [2.45, 2.75) is 25.0 Å². The first kappa shape index (κ1) is 23.6. The molecule has 33 heavy (non-hydrogen) atoms. The number of nitrogens with zero attached hydrogens (tertiary/aromatic N) is 3. The minimum Gasteiger partial charge on any atom is -0.388 e. The maximum absolute atomic E-state index is 11.9. The van der Waals surface area contributed by atoms with Gasteiger partial charge in [-0.3, -0.25) is 15.1 Å². The SMILES string of the molecule is C=C/C(=C\C=C/C)C(O)C(c1ccccn1)C(Nc1ccccn1)c1ccccc1[N+](=O)[O-]. The van der Waals surface area contributed by atoms with Gasteiger partial charge in [-0.2, -0.15) is 0 Å². The molecule has 3 unspecified atom stereocenters. The first-order valence-corrected chi connectivity index (χ1v) is 10.5. The molecule has 0 bridgehead atoms. The quantitative estimate of drug-likeness (QED) is 0.249. The second kappa shape index (κ2) is 11.5. The lowest BCUT2D eigenvalue weighted by Gasteiger charge is -2.32. The Balaban J connectivity index is 2.23. The van der Waals surface area contributed by atoms with E-state index in [0.29, 0.717) is 22.6 Å². The van der Waals surface area contributed by atoms with Crippen molar-refractivity contribution in [2.75, 3.05) is 5.32 Å². The van der Waals surface area contributed by atoms with Crippen LogP contribution in [-0.4, -0.2) is 26.1 Å². The molecular formula is C26H26N4O3. The van der Waals surface area contributed by atoms with Crippen LogP contribution in [0.25, 0.3) is 0 Å². The highest BCUT2D eigenvalue weighted by molar-refractivity contribution is 5.50. The van der Waals surface area contributed by atoms with Crippen molar-refractivity contribution >= 4 is 11.5 Å². The number of aliphatic hydroxyl groups is 1. The van der Waals surface area contributed by atoms with E-state index in [4.69, 9.17) is 0 Å². The molecule has 3 rings (SSSR count). The van der Waals surface area contributed by atoms with Crippen molar-refractivity contribution in [1.82, 2.24) is 9.97 Å². The molecular weight excluding hydrogens is 416 g/mol. The van der Waals surface area contributed by atoms with Crippen LogP contribution in [0.2, 0.25) is 0 Å². The molecule has 0 aliphatic heterocycles. The number of nitro groups is 1. The normalized spacial score (nSPS) is 14.4. The van der Waals surface area contributed by atoms with E-state index in [1.807, 2.05) is 31.2 Å². The molecule has 3 atom stereocenters. The summed E-state index contributed by atoms with van der Waals surface area (Å²) in [7, 11) is 0. The van der Waals surface area contributed by atoms with Gasteiger partial charge in [-0.15, -0.1) is 0 Å². The van der Waals surface area contributed by atoms with Crippen molar-refractivity contribution in [3.8, 4) is 0 Å². The van der Waals surface area contributed by atoms with Crippen LogP contribution in [0.3, 0.4) is 0 Å². The van der Waals surface area contributed by atoms with E-state index >= 15 is 0 Å². The van der Waals surface area contributed by atoms with E-state index < -0.39 is 23.0 Å². The Labute approximate surface area is 193 Å². The fourth-order valence-electron chi connectivity index (χ4n) is 3.68. The smallest absolute Gasteiger partial charge is 0.274 e. The molecule has 0 spiro atoms. The Morgan fingerprint density at radius 3 is 2.39 bits per heavy atom. The van der Waals surface area contributed by atoms with Crippen LogP contribution in [-0.2, 0) is 0 Å². The molecule has 0 amide bonds. The summed E-state index contributed by atoms with van der Waals surface area (Å²) in [5.41, 5.74) is 1.49. The summed E-state index contributed by atoms with van der Waals surface area (Å²) in [6.07, 6.45) is 9.21. The Morgan fingerprint density at radius 1 is 1.09 bits per heavy atom. The summed E-state index contributed by atoms with van der Waals surface area (Å²) < 4.78 is 0. The number of nitrogens with one attached hydrogen (secondary N) is 1. The maximum atomic E-state index is 11.9. The highest BCUT2D eigenvalue weighted by Crippen LogP contribution is 2.41. The molecule has 7 nitrogen and oxygen atoms in total. The second-order valence-electron chi connectivity index (χ2n) is 7.27. The molecule has 0 saturated carbocycles. The monoisotopic (exact) mass is 442 g/mol. The number of hydrogen-bond donors (Lipinski definition) is 2. The number of para-hydroxylation sites is 1. The average Bonchev–Trinajstić information content (AvgIpc) is 2.85. The number of aromatic nitrogens is 2. The van der Waals surface area contributed by atoms with Crippen LogP contribution < -0.4 is 5.32 Å². The summed E-state index contributed by atoms with van der Waals surface area (Å²) in [4.78, 5) is 20.3. The Kier molecular flexibility index (Phi) is 8.21. The van der Waals surface area contributed by atoms with Crippen LogP contribution in [0.15, 0.2) is 110 Å². The van der Waals surface area contributed by atoms with Gasteiger partial charge in [0.25, 0.3) is 5.69 Å². The summed E-state index contributed by atoms with van der Waals surface area (Å²) in [5, 5.41) is 26.7. The molecule has 3 aromatic rings. The molecule has 2 N–H and O–H groups in total. The van der Waals surface area contributed by atoms with Gasteiger partial charge in [0.1, 0.15) is 5.82 Å². The predicted molar refractivity (Wildman–Crippen MR) is 130 cm³/mol. The largest absolute Gasteiger partial charge is 0.388 e. The van der Waals surface area contributed by atoms with Gasteiger partial charge >= 0.3 is 0 Å². The molecule has 0 aliphatic rings. The van der Waals surface area contributed by atoms with Gasteiger partial charge in [0.15, 0.2) is 0 Å². The molecule has 0 saturated heterocycles. The van der Waals surface area contributed by atoms with Crippen molar-refractivity contribution in [1.29, 1.82) is 0 Å². The zero-order chi connectivity index (χ0) is 23.6. The maximum Gasteiger partial charge on any atom is 0.274 e. The number of anilines is 1. The highest BCUT2D eigenvalue weighted by Gasteiger charge is 2.37. The van der Waals surface area contributed by atoms with Crippen LogP contribution in [0.1, 0.15) is 30.1 Å². The van der Waals surface area contributed by atoms with E-state index in [1.54, 1.807) is 67.0 Å². The minimum absolute atomic E-state index is 0.0587. The van der Waals surface area contributed by atoms with Gasteiger partial charge < -0.3 is 10.4 Å². The second-order valence-corrected chi connectivity index (χ2v) is 7.27. The number of aliphatic hydroxyl groups excluding tert-OH is 1. The van der Waals surface area contributed by atoms with E-state index in [1.165, 1.54) is 6.07 Å². The topological polar surface area (TPSA) is 101 Å². The third-order valence-electron chi connectivity index (χ3n) is 5.22. The zero-order valence-corrected chi connectivity index (χ0v) is 18.3. The fourth-order valence-corrected chi connectivity index (χ4v) is 3.68. The van der Waals surface area contributed by atoms with Crippen LogP contribution >= 0.6 is 0 Å². The predicted octanol–water partition coefficient (Wildman–Crippen LogP) is 5.37. The molecule has 2 heterocycles. The lowest BCUT2D eigenvalue weighted by molar-refractivity contribution is -0.385. The Bertz CT molecular complexity index is 1130. The first-order chi connectivity index (χ1) is 16.1. The van der Waals surface area contributed by atoms with Crippen molar-refractivity contribution in [2.24, 2.45) is 0 Å². The van der Waals surface area contributed by atoms with E-state index in [9.17, 15) is 15.2 Å². The summed E-state index contributed by atoms with van der Waals surface area (Å²) in [6.45, 7) is 5.72. The van der Waals surface area contributed by atoms with Gasteiger partial charge in [-0.05, 0) is 36.8 Å². The van der Waals surface area contributed by atoms with Crippen LogP contribution in [0, 0.1) is 10.1 Å². The van der Waals surface area contributed by atoms with Gasteiger partial charge in [0.2, 0.25) is 0 Å². The fraction of sp³-hybridized carbons (Fsp3) is 0.154. The molecule has 2 aromatic heterocycles. The van der Waals surface area contributed by atoms with Crippen LogP contribution in [0.4, 0.5) is 11.5 Å². The van der Waals surface area contributed by atoms with E-state index in [2.05, 4.69) is 21.9 Å². The summed E-state index contributed by atoms with van der Waals surface area (Å²) >= 11 is 0.